The summed E-state index contributed by atoms with van der Waals surface area (Å²) in [5.74, 6) is 0.769. The van der Waals surface area contributed by atoms with E-state index < -0.39 is 0 Å². The number of hydrogen-bond acceptors (Lipinski definition) is 4. The molecule has 2 unspecified atom stereocenters. The normalized spacial score (nSPS) is 23.1. The summed E-state index contributed by atoms with van der Waals surface area (Å²) in [5.41, 5.74) is 1.01. The molecule has 18 heavy (non-hydrogen) atoms. The molecule has 1 aliphatic rings. The van der Waals surface area contributed by atoms with Crippen LogP contribution in [0, 0.1) is 0 Å². The number of benzene rings is 1. The third-order valence-corrected chi connectivity index (χ3v) is 3.22. The molecule has 0 radical (unpaired) electrons. The Morgan fingerprint density at radius 1 is 1.50 bits per heavy atom. The molecule has 1 aromatic carbocycles. The predicted molar refractivity (Wildman–Crippen MR) is 65.6 cm³/mol. The Balaban J connectivity index is 2.11. The Bertz CT molecular complexity index is 435. The molecule has 1 N–H and O–H groups in total. The molecular weight excluding hydrogens is 234 g/mol. The number of rotatable bonds is 4. The summed E-state index contributed by atoms with van der Waals surface area (Å²) in [6, 6.07) is 7.32. The van der Waals surface area contributed by atoms with E-state index in [-0.39, 0.29) is 24.8 Å². The Labute approximate surface area is 106 Å². The number of nitrogens with zero attached hydrogens (tertiary/aromatic N) is 1. The van der Waals surface area contributed by atoms with Gasteiger partial charge < -0.3 is 19.5 Å². The van der Waals surface area contributed by atoms with E-state index in [4.69, 9.17) is 9.47 Å². The fourth-order valence-corrected chi connectivity index (χ4v) is 2.13. The molecular formula is C13H17NO4. The van der Waals surface area contributed by atoms with Crippen molar-refractivity contribution in [1.29, 1.82) is 0 Å². The van der Waals surface area contributed by atoms with Crippen LogP contribution in [0.15, 0.2) is 24.3 Å². The highest BCUT2D eigenvalue weighted by molar-refractivity contribution is 5.70. The van der Waals surface area contributed by atoms with Gasteiger partial charge in [-0.3, -0.25) is 0 Å². The molecule has 2 rings (SSSR count). The summed E-state index contributed by atoms with van der Waals surface area (Å²) in [6.07, 6.45) is -0.139. The standard InChI is InChI=1S/C13H17NO4/c1-14-11(8-15)12(18-13(14)16)7-9-4-3-5-10(6-9)17-2/h3-6,11-12,15H,7-8H2,1-2H3. The molecule has 5 heteroatoms. The third kappa shape index (κ3) is 2.41. The lowest BCUT2D eigenvalue weighted by atomic mass is 10.0. The number of hydrogen-bond donors (Lipinski definition) is 1. The van der Waals surface area contributed by atoms with Crippen molar-refractivity contribution in [2.75, 3.05) is 20.8 Å². The highest BCUT2D eigenvalue weighted by Crippen LogP contribution is 2.22. The van der Waals surface area contributed by atoms with Crippen molar-refractivity contribution in [1.82, 2.24) is 4.90 Å². The van der Waals surface area contributed by atoms with Gasteiger partial charge in [-0.05, 0) is 17.7 Å². The molecule has 0 spiro atoms. The molecule has 1 amide bonds. The molecule has 1 fully saturated rings. The first-order valence-corrected chi connectivity index (χ1v) is 5.83. The van der Waals surface area contributed by atoms with Gasteiger partial charge in [-0.15, -0.1) is 0 Å². The van der Waals surface area contributed by atoms with Crippen molar-refractivity contribution in [3.8, 4) is 5.75 Å². The average Bonchev–Trinajstić information content (AvgIpc) is 2.64. The van der Waals surface area contributed by atoms with Gasteiger partial charge in [0.25, 0.3) is 0 Å². The van der Waals surface area contributed by atoms with Gasteiger partial charge >= 0.3 is 6.09 Å². The summed E-state index contributed by atoms with van der Waals surface area (Å²) < 4.78 is 10.4. The summed E-state index contributed by atoms with van der Waals surface area (Å²) in [4.78, 5) is 12.9. The molecule has 0 bridgehead atoms. The number of carbonyl (C=O) groups is 1. The lowest BCUT2D eigenvalue weighted by molar-refractivity contribution is 0.118. The van der Waals surface area contributed by atoms with E-state index in [2.05, 4.69) is 0 Å². The lowest BCUT2D eigenvalue weighted by Crippen LogP contribution is -2.37. The molecule has 98 valence electrons. The second-order valence-electron chi connectivity index (χ2n) is 4.34. The molecule has 5 nitrogen and oxygen atoms in total. The van der Waals surface area contributed by atoms with E-state index in [9.17, 15) is 9.90 Å². The third-order valence-electron chi connectivity index (χ3n) is 3.22. The number of likely N-dealkylation sites (N-methyl/N-ethyl adjacent to an activating group) is 1. The molecule has 1 saturated heterocycles. The number of ether oxygens (including phenoxy) is 2. The summed E-state index contributed by atoms with van der Waals surface area (Å²) in [5, 5.41) is 9.30. The van der Waals surface area contributed by atoms with Gasteiger partial charge in [-0.1, -0.05) is 12.1 Å². The van der Waals surface area contributed by atoms with E-state index in [1.54, 1.807) is 14.2 Å². The SMILES string of the molecule is COc1cccc(CC2OC(=O)N(C)C2CO)c1. The fourth-order valence-electron chi connectivity index (χ4n) is 2.13. The number of aliphatic hydroxyl groups is 1. The van der Waals surface area contributed by atoms with Gasteiger partial charge in [0, 0.05) is 13.5 Å². The van der Waals surface area contributed by atoms with Crippen LogP contribution in [0.1, 0.15) is 5.56 Å². The van der Waals surface area contributed by atoms with Crippen molar-refractivity contribution in [3.63, 3.8) is 0 Å². The van der Waals surface area contributed by atoms with E-state index in [0.29, 0.717) is 6.42 Å². The minimum absolute atomic E-state index is 0.100. The monoisotopic (exact) mass is 251 g/mol. The summed E-state index contributed by atoms with van der Waals surface area (Å²) in [6.45, 7) is -0.100. The number of cyclic esters (lactones) is 1. The van der Waals surface area contributed by atoms with Crippen LogP contribution in [-0.2, 0) is 11.2 Å². The molecule has 1 heterocycles. The lowest BCUT2D eigenvalue weighted by Gasteiger charge is -2.18. The summed E-state index contributed by atoms with van der Waals surface area (Å²) in [7, 11) is 3.24. The largest absolute Gasteiger partial charge is 0.497 e. The molecule has 0 aliphatic carbocycles. The van der Waals surface area contributed by atoms with Crippen LogP contribution in [0.2, 0.25) is 0 Å². The first-order chi connectivity index (χ1) is 8.65. The van der Waals surface area contributed by atoms with Gasteiger partial charge in [0.15, 0.2) is 0 Å². The van der Waals surface area contributed by atoms with Crippen molar-refractivity contribution in [2.24, 2.45) is 0 Å². The maximum Gasteiger partial charge on any atom is 0.410 e. The Morgan fingerprint density at radius 2 is 2.28 bits per heavy atom. The van der Waals surface area contributed by atoms with Crippen LogP contribution in [0.4, 0.5) is 4.79 Å². The quantitative estimate of drug-likeness (QED) is 0.869. The van der Waals surface area contributed by atoms with Crippen LogP contribution in [-0.4, -0.2) is 49.0 Å². The molecule has 0 aromatic heterocycles. The zero-order valence-electron chi connectivity index (χ0n) is 10.5. The van der Waals surface area contributed by atoms with Gasteiger partial charge in [0.05, 0.1) is 19.8 Å². The van der Waals surface area contributed by atoms with E-state index in [0.717, 1.165) is 11.3 Å². The highest BCUT2D eigenvalue weighted by atomic mass is 16.6. The molecule has 2 atom stereocenters. The first kappa shape index (κ1) is 12.7. The van der Waals surface area contributed by atoms with E-state index >= 15 is 0 Å². The number of aliphatic hydroxyl groups excluding tert-OH is 1. The van der Waals surface area contributed by atoms with Gasteiger partial charge in [0.2, 0.25) is 0 Å². The van der Waals surface area contributed by atoms with Crippen LogP contribution < -0.4 is 4.74 Å². The smallest absolute Gasteiger partial charge is 0.410 e. The maximum absolute atomic E-state index is 11.4. The minimum Gasteiger partial charge on any atom is -0.497 e. The second kappa shape index (κ2) is 5.27. The number of amides is 1. The van der Waals surface area contributed by atoms with Crippen molar-refractivity contribution in [3.05, 3.63) is 29.8 Å². The molecule has 0 saturated carbocycles. The van der Waals surface area contributed by atoms with Gasteiger partial charge in [-0.2, -0.15) is 0 Å². The first-order valence-electron chi connectivity index (χ1n) is 5.83. The van der Waals surface area contributed by atoms with E-state index in [1.165, 1.54) is 4.90 Å². The van der Waals surface area contributed by atoms with Crippen LogP contribution in [0.5, 0.6) is 5.75 Å². The molecule has 1 aromatic rings. The molecule has 1 aliphatic heterocycles. The maximum atomic E-state index is 11.4. The fraction of sp³-hybridized carbons (Fsp3) is 0.462. The number of methoxy groups -OCH3 is 1. The predicted octanol–water partition coefficient (Wildman–Crippen LogP) is 1.05. The van der Waals surface area contributed by atoms with Gasteiger partial charge in [-0.25, -0.2) is 4.79 Å². The average molecular weight is 251 g/mol. The highest BCUT2D eigenvalue weighted by Gasteiger charge is 2.38. The van der Waals surface area contributed by atoms with Crippen molar-refractivity contribution >= 4 is 6.09 Å². The minimum atomic E-state index is -0.387. The van der Waals surface area contributed by atoms with Crippen LogP contribution >= 0.6 is 0 Å². The Kier molecular flexibility index (Phi) is 3.72. The van der Waals surface area contributed by atoms with Crippen molar-refractivity contribution in [2.45, 2.75) is 18.6 Å². The van der Waals surface area contributed by atoms with Crippen molar-refractivity contribution < 1.29 is 19.4 Å². The second-order valence-corrected chi connectivity index (χ2v) is 4.34. The van der Waals surface area contributed by atoms with Crippen LogP contribution in [0.3, 0.4) is 0 Å². The Morgan fingerprint density at radius 3 is 2.94 bits per heavy atom. The van der Waals surface area contributed by atoms with Crippen LogP contribution in [0.25, 0.3) is 0 Å². The topological polar surface area (TPSA) is 59.0 Å². The number of carbonyl (C=O) groups excluding carboxylic acids is 1. The Hall–Kier alpha value is -1.75. The van der Waals surface area contributed by atoms with E-state index in [1.807, 2.05) is 24.3 Å². The zero-order chi connectivity index (χ0) is 13.1. The zero-order valence-corrected chi connectivity index (χ0v) is 10.5. The van der Waals surface area contributed by atoms with Gasteiger partial charge in [0.1, 0.15) is 11.9 Å². The summed E-state index contributed by atoms with van der Waals surface area (Å²) >= 11 is 0.